The van der Waals surface area contributed by atoms with E-state index in [0.29, 0.717) is 0 Å². The predicted octanol–water partition coefficient (Wildman–Crippen LogP) is 3.82. The van der Waals surface area contributed by atoms with Crippen LogP contribution in [0.15, 0.2) is 42.5 Å². The van der Waals surface area contributed by atoms with Crippen molar-refractivity contribution in [2.24, 2.45) is 5.41 Å². The van der Waals surface area contributed by atoms with Crippen LogP contribution in [0.3, 0.4) is 0 Å². The van der Waals surface area contributed by atoms with Gasteiger partial charge < -0.3 is 0 Å². The summed E-state index contributed by atoms with van der Waals surface area (Å²) in [6.07, 6.45) is -4.49. The minimum atomic E-state index is -4.49. The molecular weight excluding hydrogens is 305 g/mol. The molecule has 0 saturated carbocycles. The molecule has 1 atom stereocenters. The summed E-state index contributed by atoms with van der Waals surface area (Å²) < 4.78 is 40.9. The van der Waals surface area contributed by atoms with E-state index in [2.05, 4.69) is 5.43 Å². The molecule has 0 radical (unpaired) electrons. The van der Waals surface area contributed by atoms with Crippen LogP contribution in [0.5, 0.6) is 0 Å². The average molecular weight is 322 g/mol. The van der Waals surface area contributed by atoms with Gasteiger partial charge in [0.25, 0.3) is 0 Å². The summed E-state index contributed by atoms with van der Waals surface area (Å²) in [7, 11) is 0. The van der Waals surface area contributed by atoms with Crippen LogP contribution in [0, 0.1) is 5.41 Å². The molecule has 1 amide bonds. The summed E-state index contributed by atoms with van der Waals surface area (Å²) in [5.74, 6) is -0.396. The average Bonchev–Trinajstić information content (AvgIpc) is 2.70. The van der Waals surface area contributed by atoms with E-state index in [1.165, 1.54) is 12.1 Å². The number of nitrogens with one attached hydrogen (secondary N) is 1. The fourth-order valence-corrected chi connectivity index (χ4v) is 2.90. The number of carbonyl (C=O) groups is 1. The van der Waals surface area contributed by atoms with Crippen molar-refractivity contribution < 1.29 is 18.0 Å². The first-order chi connectivity index (χ1) is 10.7. The van der Waals surface area contributed by atoms with Gasteiger partial charge in [-0.2, -0.15) is 13.2 Å². The maximum Gasteiger partial charge on any atom is 0.409 e. The minimum absolute atomic E-state index is 0.00281. The number of nitrogens with zero attached hydrogens (tertiary/aromatic N) is 1. The molecule has 1 aliphatic rings. The maximum atomic E-state index is 13.6. The highest BCUT2D eigenvalue weighted by Crippen LogP contribution is 2.41. The molecule has 1 heterocycles. The Labute approximate surface area is 132 Å². The third-order valence-electron chi connectivity index (χ3n) is 4.14. The first kappa shape index (κ1) is 15.8. The first-order valence-electron chi connectivity index (χ1n) is 7.32. The lowest BCUT2D eigenvalue weighted by molar-refractivity contribution is -0.191. The molecule has 3 rings (SSSR count). The van der Waals surface area contributed by atoms with Crippen molar-refractivity contribution >= 4 is 16.7 Å². The van der Waals surface area contributed by atoms with Crippen LogP contribution in [0.2, 0.25) is 0 Å². The number of halogens is 3. The normalized spacial score (nSPS) is 19.8. The van der Waals surface area contributed by atoms with E-state index in [0.717, 1.165) is 15.8 Å². The zero-order chi connectivity index (χ0) is 16.8. The molecular formula is C17H17F3N2O. The Balaban J connectivity index is 2.04. The number of benzene rings is 2. The van der Waals surface area contributed by atoms with E-state index >= 15 is 0 Å². The predicted molar refractivity (Wildman–Crippen MR) is 81.4 cm³/mol. The molecule has 1 saturated heterocycles. The van der Waals surface area contributed by atoms with Crippen molar-refractivity contribution in [1.82, 2.24) is 10.4 Å². The van der Waals surface area contributed by atoms with Crippen molar-refractivity contribution in [3.05, 3.63) is 48.0 Å². The Morgan fingerprint density at radius 1 is 1.13 bits per heavy atom. The van der Waals surface area contributed by atoms with Crippen LogP contribution in [-0.2, 0) is 4.79 Å². The van der Waals surface area contributed by atoms with Gasteiger partial charge >= 0.3 is 6.18 Å². The van der Waals surface area contributed by atoms with Gasteiger partial charge in [0.15, 0.2) is 0 Å². The number of hydrogen-bond acceptors (Lipinski definition) is 2. The molecule has 1 N–H and O–H groups in total. The van der Waals surface area contributed by atoms with Crippen LogP contribution in [-0.4, -0.2) is 23.6 Å². The fourth-order valence-electron chi connectivity index (χ4n) is 2.90. The van der Waals surface area contributed by atoms with E-state index in [4.69, 9.17) is 0 Å². The zero-order valence-corrected chi connectivity index (χ0v) is 12.8. The van der Waals surface area contributed by atoms with Crippen molar-refractivity contribution in [2.45, 2.75) is 26.1 Å². The molecule has 0 spiro atoms. The van der Waals surface area contributed by atoms with Gasteiger partial charge in [0.2, 0.25) is 5.91 Å². The highest BCUT2D eigenvalue weighted by Gasteiger charge is 2.51. The molecule has 2 aromatic carbocycles. The monoisotopic (exact) mass is 322 g/mol. The Morgan fingerprint density at radius 2 is 1.78 bits per heavy atom. The van der Waals surface area contributed by atoms with Crippen molar-refractivity contribution in [1.29, 1.82) is 0 Å². The Morgan fingerprint density at radius 3 is 2.35 bits per heavy atom. The van der Waals surface area contributed by atoms with Crippen molar-refractivity contribution in [2.75, 3.05) is 6.54 Å². The summed E-state index contributed by atoms with van der Waals surface area (Å²) in [6, 6.07) is 10.1. The lowest BCUT2D eigenvalue weighted by Gasteiger charge is -2.30. The number of hydrazine groups is 1. The standard InChI is InChI=1S/C17H17F3N2O/c1-16(2)10-22(21-15(16)23)14(17(18,19)20)13-8-7-11-5-3-4-6-12(11)9-13/h3-9,14H,10H2,1-2H3,(H,21,23)/t14-/m0/s1. The molecule has 23 heavy (non-hydrogen) atoms. The van der Waals surface area contributed by atoms with Gasteiger partial charge in [-0.1, -0.05) is 36.4 Å². The Hall–Kier alpha value is -2.08. The van der Waals surface area contributed by atoms with Gasteiger partial charge in [-0.3, -0.25) is 10.2 Å². The second-order valence-electron chi connectivity index (χ2n) is 6.50. The van der Waals surface area contributed by atoms with Gasteiger partial charge in [-0.05, 0) is 36.2 Å². The van der Waals surface area contributed by atoms with Gasteiger partial charge in [-0.25, -0.2) is 5.01 Å². The van der Waals surface area contributed by atoms with Gasteiger partial charge in [-0.15, -0.1) is 0 Å². The SMILES string of the molecule is CC1(C)CN([C@@H](c2ccc3ccccc3c2)C(F)(F)F)NC1=O. The summed E-state index contributed by atoms with van der Waals surface area (Å²) in [5.41, 5.74) is 1.64. The van der Waals surface area contributed by atoms with Crippen LogP contribution < -0.4 is 5.43 Å². The highest BCUT2D eigenvalue weighted by atomic mass is 19.4. The number of alkyl halides is 3. The van der Waals surface area contributed by atoms with E-state index in [-0.39, 0.29) is 12.1 Å². The molecule has 1 aliphatic heterocycles. The summed E-state index contributed by atoms with van der Waals surface area (Å²) in [6.45, 7) is 3.27. The van der Waals surface area contributed by atoms with Crippen molar-refractivity contribution in [3.8, 4) is 0 Å². The van der Waals surface area contributed by atoms with Gasteiger partial charge in [0, 0.05) is 6.54 Å². The molecule has 1 fully saturated rings. The van der Waals surface area contributed by atoms with Crippen LogP contribution >= 0.6 is 0 Å². The topological polar surface area (TPSA) is 32.3 Å². The lowest BCUT2D eigenvalue weighted by Crippen LogP contribution is -2.43. The second kappa shape index (κ2) is 5.23. The molecule has 0 aliphatic carbocycles. The van der Waals surface area contributed by atoms with Gasteiger partial charge in [0.05, 0.1) is 5.41 Å². The molecule has 3 nitrogen and oxygen atoms in total. The molecule has 2 aromatic rings. The second-order valence-corrected chi connectivity index (χ2v) is 6.50. The largest absolute Gasteiger partial charge is 0.409 e. The minimum Gasteiger partial charge on any atom is -0.287 e. The quantitative estimate of drug-likeness (QED) is 0.912. The van der Waals surface area contributed by atoms with Gasteiger partial charge in [0.1, 0.15) is 6.04 Å². The van der Waals surface area contributed by atoms with E-state index in [1.807, 2.05) is 12.1 Å². The Kier molecular flexibility index (Phi) is 3.59. The lowest BCUT2D eigenvalue weighted by atomic mass is 9.93. The van der Waals surface area contributed by atoms with E-state index in [9.17, 15) is 18.0 Å². The third-order valence-corrected chi connectivity index (χ3v) is 4.14. The number of hydrogen-bond donors (Lipinski definition) is 1. The van der Waals surface area contributed by atoms with E-state index in [1.54, 1.807) is 32.0 Å². The van der Waals surface area contributed by atoms with Crippen LogP contribution in [0.25, 0.3) is 10.8 Å². The number of fused-ring (bicyclic) bond motifs is 1. The van der Waals surface area contributed by atoms with Crippen LogP contribution in [0.1, 0.15) is 25.5 Å². The van der Waals surface area contributed by atoms with Crippen LogP contribution in [0.4, 0.5) is 13.2 Å². The summed E-state index contributed by atoms with van der Waals surface area (Å²) in [5, 5.41) is 2.61. The number of amides is 1. The molecule has 0 aromatic heterocycles. The molecule has 0 unspecified atom stereocenters. The highest BCUT2D eigenvalue weighted by molar-refractivity contribution is 5.84. The molecule has 6 heteroatoms. The first-order valence-corrected chi connectivity index (χ1v) is 7.32. The Bertz CT molecular complexity index is 755. The summed E-state index contributed by atoms with van der Waals surface area (Å²) in [4.78, 5) is 11.9. The number of rotatable bonds is 2. The summed E-state index contributed by atoms with van der Waals surface area (Å²) >= 11 is 0. The fraction of sp³-hybridized carbons (Fsp3) is 0.353. The third kappa shape index (κ3) is 2.91. The maximum absolute atomic E-state index is 13.6. The van der Waals surface area contributed by atoms with E-state index < -0.39 is 23.5 Å². The zero-order valence-electron chi connectivity index (χ0n) is 12.8. The number of carbonyl (C=O) groups excluding carboxylic acids is 1. The van der Waals surface area contributed by atoms with Crippen molar-refractivity contribution in [3.63, 3.8) is 0 Å². The smallest absolute Gasteiger partial charge is 0.287 e. The molecule has 122 valence electrons. The molecule has 0 bridgehead atoms.